The molecule has 1 aromatic heterocycles. The molecule has 0 aliphatic carbocycles. The van der Waals surface area contributed by atoms with Crippen molar-refractivity contribution in [1.82, 2.24) is 4.98 Å². The highest BCUT2D eigenvalue weighted by Crippen LogP contribution is 2.22. The highest BCUT2D eigenvalue weighted by molar-refractivity contribution is 6.29. The maximum absolute atomic E-state index is 11.1. The van der Waals surface area contributed by atoms with E-state index < -0.39 is 5.97 Å². The molecule has 4 nitrogen and oxygen atoms in total. The molecule has 0 aliphatic heterocycles. The fraction of sp³-hybridized carbons (Fsp3) is 0.333. The van der Waals surface area contributed by atoms with E-state index in [0.29, 0.717) is 12.4 Å². The number of aromatic nitrogens is 1. The number of halogens is 1. The van der Waals surface area contributed by atoms with Gasteiger partial charge in [-0.3, -0.25) is 0 Å². The Kier molecular flexibility index (Phi) is 4.52. The van der Waals surface area contributed by atoms with Crippen LogP contribution in [-0.2, 0) is 0 Å². The van der Waals surface area contributed by atoms with Gasteiger partial charge in [-0.2, -0.15) is 0 Å². The standard InChI is InChI=1S/C12H15ClN2O2/c1-4-7-15(8(2)3)11-9(12(16)17)5-6-10(13)14-11/h4-6,8H,1,7H2,2-3H3,(H,16,17). The number of nitrogens with zero attached hydrogens (tertiary/aromatic N) is 2. The van der Waals surface area contributed by atoms with Gasteiger partial charge in [0.05, 0.1) is 0 Å². The van der Waals surface area contributed by atoms with Crippen LogP contribution in [0.1, 0.15) is 24.2 Å². The zero-order valence-corrected chi connectivity index (χ0v) is 10.6. The number of hydrogen-bond acceptors (Lipinski definition) is 3. The number of carboxylic acids is 1. The molecule has 1 aromatic rings. The van der Waals surface area contributed by atoms with Crippen LogP contribution in [0.4, 0.5) is 5.82 Å². The van der Waals surface area contributed by atoms with Crippen LogP contribution in [0.3, 0.4) is 0 Å². The normalized spacial score (nSPS) is 10.4. The predicted molar refractivity (Wildman–Crippen MR) is 68.9 cm³/mol. The van der Waals surface area contributed by atoms with Crippen LogP contribution in [0.2, 0.25) is 5.15 Å². The number of anilines is 1. The van der Waals surface area contributed by atoms with Crippen molar-refractivity contribution in [2.24, 2.45) is 0 Å². The lowest BCUT2D eigenvalue weighted by Crippen LogP contribution is -2.33. The molecule has 0 unspecified atom stereocenters. The minimum absolute atomic E-state index is 0.108. The molecule has 0 spiro atoms. The lowest BCUT2D eigenvalue weighted by molar-refractivity contribution is 0.0697. The van der Waals surface area contributed by atoms with Crippen LogP contribution < -0.4 is 4.90 Å². The van der Waals surface area contributed by atoms with Crippen LogP contribution in [0, 0.1) is 0 Å². The van der Waals surface area contributed by atoms with Crippen molar-refractivity contribution in [3.05, 3.63) is 35.5 Å². The maximum atomic E-state index is 11.1. The Morgan fingerprint density at radius 2 is 2.29 bits per heavy atom. The van der Waals surface area contributed by atoms with E-state index in [2.05, 4.69) is 11.6 Å². The Balaban J connectivity index is 3.28. The molecule has 0 aliphatic rings. The zero-order chi connectivity index (χ0) is 13.0. The summed E-state index contributed by atoms with van der Waals surface area (Å²) in [7, 11) is 0. The molecule has 0 saturated carbocycles. The van der Waals surface area contributed by atoms with E-state index in [1.165, 1.54) is 12.1 Å². The van der Waals surface area contributed by atoms with E-state index in [0.717, 1.165) is 0 Å². The number of aromatic carboxylic acids is 1. The molecule has 5 heteroatoms. The number of rotatable bonds is 5. The van der Waals surface area contributed by atoms with Crippen LogP contribution in [0.25, 0.3) is 0 Å². The van der Waals surface area contributed by atoms with Gasteiger partial charge in [0, 0.05) is 12.6 Å². The number of carboxylic acid groups (broad SMARTS) is 1. The van der Waals surface area contributed by atoms with Crippen molar-refractivity contribution >= 4 is 23.4 Å². The van der Waals surface area contributed by atoms with Crippen molar-refractivity contribution in [2.45, 2.75) is 19.9 Å². The number of hydrogen-bond donors (Lipinski definition) is 1. The van der Waals surface area contributed by atoms with Gasteiger partial charge < -0.3 is 10.0 Å². The summed E-state index contributed by atoms with van der Waals surface area (Å²) in [6.45, 7) is 8.09. The van der Waals surface area contributed by atoms with Gasteiger partial charge in [-0.05, 0) is 26.0 Å². The van der Waals surface area contributed by atoms with Gasteiger partial charge in [0.2, 0.25) is 0 Å². The van der Waals surface area contributed by atoms with E-state index in [9.17, 15) is 4.79 Å². The quantitative estimate of drug-likeness (QED) is 0.649. The highest BCUT2D eigenvalue weighted by Gasteiger charge is 2.19. The smallest absolute Gasteiger partial charge is 0.339 e. The lowest BCUT2D eigenvalue weighted by Gasteiger charge is -2.27. The van der Waals surface area contributed by atoms with Gasteiger partial charge in [0.1, 0.15) is 16.5 Å². The topological polar surface area (TPSA) is 53.4 Å². The van der Waals surface area contributed by atoms with Crippen LogP contribution in [0.5, 0.6) is 0 Å². The Hall–Kier alpha value is -1.55. The summed E-state index contributed by atoms with van der Waals surface area (Å²) >= 11 is 5.81. The molecule has 0 aromatic carbocycles. The van der Waals surface area contributed by atoms with E-state index in [4.69, 9.17) is 16.7 Å². The van der Waals surface area contributed by atoms with Crippen LogP contribution in [0.15, 0.2) is 24.8 Å². The van der Waals surface area contributed by atoms with Gasteiger partial charge in [0.15, 0.2) is 0 Å². The molecular formula is C12H15ClN2O2. The lowest BCUT2D eigenvalue weighted by atomic mass is 10.2. The molecule has 1 rings (SSSR count). The van der Waals surface area contributed by atoms with Crippen molar-refractivity contribution in [2.75, 3.05) is 11.4 Å². The van der Waals surface area contributed by atoms with E-state index in [1.54, 1.807) is 6.08 Å². The number of pyridine rings is 1. The van der Waals surface area contributed by atoms with Gasteiger partial charge in [0.25, 0.3) is 0 Å². The minimum atomic E-state index is -1.01. The molecule has 0 saturated heterocycles. The molecule has 0 atom stereocenters. The van der Waals surface area contributed by atoms with Gasteiger partial charge in [-0.25, -0.2) is 9.78 Å². The summed E-state index contributed by atoms with van der Waals surface area (Å²) in [6, 6.07) is 3.05. The van der Waals surface area contributed by atoms with E-state index >= 15 is 0 Å². The average Bonchev–Trinajstić information content (AvgIpc) is 2.24. The molecule has 17 heavy (non-hydrogen) atoms. The van der Waals surface area contributed by atoms with Crippen molar-refractivity contribution in [3.63, 3.8) is 0 Å². The molecule has 1 heterocycles. The van der Waals surface area contributed by atoms with Crippen molar-refractivity contribution < 1.29 is 9.90 Å². The first-order valence-electron chi connectivity index (χ1n) is 5.24. The third-order valence-corrected chi connectivity index (χ3v) is 2.50. The fourth-order valence-corrected chi connectivity index (χ4v) is 1.64. The van der Waals surface area contributed by atoms with E-state index in [-0.39, 0.29) is 16.8 Å². The summed E-state index contributed by atoms with van der Waals surface area (Å²) in [6.07, 6.45) is 1.70. The van der Waals surface area contributed by atoms with Gasteiger partial charge in [-0.15, -0.1) is 6.58 Å². The largest absolute Gasteiger partial charge is 0.478 e. The van der Waals surface area contributed by atoms with Gasteiger partial charge >= 0.3 is 5.97 Å². The molecule has 1 N–H and O–H groups in total. The van der Waals surface area contributed by atoms with Crippen molar-refractivity contribution in [3.8, 4) is 0 Å². The third kappa shape index (κ3) is 3.20. The van der Waals surface area contributed by atoms with Crippen LogP contribution >= 0.6 is 11.6 Å². The molecule has 0 amide bonds. The first kappa shape index (κ1) is 13.5. The molecule has 0 fully saturated rings. The average molecular weight is 255 g/mol. The molecular weight excluding hydrogens is 240 g/mol. The summed E-state index contributed by atoms with van der Waals surface area (Å²) in [5.74, 6) is -0.640. The fourth-order valence-electron chi connectivity index (χ4n) is 1.49. The molecule has 92 valence electrons. The summed E-state index contributed by atoms with van der Waals surface area (Å²) in [5, 5.41) is 9.40. The second kappa shape index (κ2) is 5.68. The minimum Gasteiger partial charge on any atom is -0.478 e. The summed E-state index contributed by atoms with van der Waals surface area (Å²) < 4.78 is 0. The van der Waals surface area contributed by atoms with Crippen LogP contribution in [-0.4, -0.2) is 28.6 Å². The highest BCUT2D eigenvalue weighted by atomic mass is 35.5. The Bertz CT molecular complexity index is 433. The summed E-state index contributed by atoms with van der Waals surface area (Å²) in [4.78, 5) is 17.1. The Labute approximate surface area is 106 Å². The Morgan fingerprint density at radius 3 is 2.76 bits per heavy atom. The SMILES string of the molecule is C=CCN(c1nc(Cl)ccc1C(=O)O)C(C)C. The zero-order valence-electron chi connectivity index (χ0n) is 9.85. The first-order chi connectivity index (χ1) is 7.97. The van der Waals surface area contributed by atoms with Gasteiger partial charge in [-0.1, -0.05) is 17.7 Å². The number of carbonyl (C=O) groups is 1. The monoisotopic (exact) mass is 254 g/mol. The maximum Gasteiger partial charge on any atom is 0.339 e. The molecule has 0 bridgehead atoms. The first-order valence-corrected chi connectivity index (χ1v) is 5.62. The second-order valence-corrected chi connectivity index (χ2v) is 4.23. The van der Waals surface area contributed by atoms with Crippen molar-refractivity contribution in [1.29, 1.82) is 0 Å². The van der Waals surface area contributed by atoms with E-state index in [1.807, 2.05) is 18.7 Å². The predicted octanol–water partition coefficient (Wildman–Crippen LogP) is 2.83. The third-order valence-electron chi connectivity index (χ3n) is 2.29. The Morgan fingerprint density at radius 1 is 1.65 bits per heavy atom. The summed E-state index contributed by atoms with van der Waals surface area (Å²) in [5.41, 5.74) is 0.143. The molecule has 0 radical (unpaired) electrons. The second-order valence-electron chi connectivity index (χ2n) is 3.85.